The molecule has 1 aliphatic heterocycles. The number of ether oxygens (including phenoxy) is 3. The summed E-state index contributed by atoms with van der Waals surface area (Å²) in [6, 6.07) is 5.68. The molecule has 1 heterocycles. The summed E-state index contributed by atoms with van der Waals surface area (Å²) in [4.78, 5) is 12.2. The van der Waals surface area contributed by atoms with Crippen molar-refractivity contribution in [3.05, 3.63) is 29.3 Å². The van der Waals surface area contributed by atoms with Gasteiger partial charge in [-0.1, -0.05) is 12.1 Å². The molecule has 0 saturated heterocycles. The predicted molar refractivity (Wildman–Crippen MR) is 71.2 cm³/mol. The molecule has 1 aromatic rings. The lowest BCUT2D eigenvalue weighted by atomic mass is 9.85. The van der Waals surface area contributed by atoms with Gasteiger partial charge in [0, 0.05) is 17.5 Å². The maximum absolute atomic E-state index is 12.2. The number of rotatable bonds is 3. The van der Waals surface area contributed by atoms with E-state index in [0.717, 1.165) is 23.3 Å². The number of hydrogen-bond donors (Lipinski definition) is 0. The summed E-state index contributed by atoms with van der Waals surface area (Å²) in [6.45, 7) is 5.84. The molecule has 1 aromatic carbocycles. The highest BCUT2D eigenvalue weighted by Crippen LogP contribution is 2.40. The van der Waals surface area contributed by atoms with Gasteiger partial charge in [0.2, 0.25) is 0 Å². The van der Waals surface area contributed by atoms with Gasteiger partial charge in [0.05, 0.1) is 19.8 Å². The van der Waals surface area contributed by atoms with Crippen molar-refractivity contribution in [2.24, 2.45) is 0 Å². The van der Waals surface area contributed by atoms with Gasteiger partial charge >= 0.3 is 5.97 Å². The molecular formula is C15H20O4. The monoisotopic (exact) mass is 264 g/mol. The Kier molecular flexibility index (Phi) is 3.80. The summed E-state index contributed by atoms with van der Waals surface area (Å²) in [5, 5.41) is 0. The van der Waals surface area contributed by atoms with Crippen molar-refractivity contribution in [1.29, 1.82) is 0 Å². The van der Waals surface area contributed by atoms with Gasteiger partial charge in [-0.05, 0) is 26.8 Å². The van der Waals surface area contributed by atoms with Gasteiger partial charge < -0.3 is 14.2 Å². The van der Waals surface area contributed by atoms with E-state index in [1.807, 2.05) is 25.1 Å². The lowest BCUT2D eigenvalue weighted by molar-refractivity contribution is -0.180. The third kappa shape index (κ3) is 2.32. The van der Waals surface area contributed by atoms with Crippen molar-refractivity contribution >= 4 is 5.97 Å². The minimum Gasteiger partial charge on any atom is -0.496 e. The first-order valence-corrected chi connectivity index (χ1v) is 6.54. The van der Waals surface area contributed by atoms with E-state index in [1.54, 1.807) is 21.0 Å². The molecule has 1 unspecified atom stereocenters. The highest BCUT2D eigenvalue weighted by atomic mass is 16.6. The molecule has 19 heavy (non-hydrogen) atoms. The fraction of sp³-hybridized carbons (Fsp3) is 0.533. The van der Waals surface area contributed by atoms with Gasteiger partial charge in [-0.15, -0.1) is 0 Å². The number of benzene rings is 1. The Morgan fingerprint density at radius 1 is 1.53 bits per heavy atom. The molecule has 4 nitrogen and oxygen atoms in total. The fourth-order valence-electron chi connectivity index (χ4n) is 2.64. The van der Waals surface area contributed by atoms with Crippen LogP contribution in [0.1, 0.15) is 31.9 Å². The number of carbonyl (C=O) groups excluding carboxylic acids is 1. The van der Waals surface area contributed by atoms with E-state index in [4.69, 9.17) is 14.2 Å². The van der Waals surface area contributed by atoms with Gasteiger partial charge in [0.1, 0.15) is 5.75 Å². The Bertz CT molecular complexity index is 483. The Balaban J connectivity index is 2.52. The molecule has 0 bridgehead atoms. The largest absolute Gasteiger partial charge is 0.496 e. The van der Waals surface area contributed by atoms with E-state index in [1.165, 1.54) is 0 Å². The van der Waals surface area contributed by atoms with Gasteiger partial charge in [-0.2, -0.15) is 0 Å². The molecule has 0 aliphatic carbocycles. The molecule has 104 valence electrons. The van der Waals surface area contributed by atoms with Crippen LogP contribution < -0.4 is 4.74 Å². The van der Waals surface area contributed by atoms with Gasteiger partial charge in [0.25, 0.3) is 0 Å². The molecule has 0 aromatic heterocycles. The quantitative estimate of drug-likeness (QED) is 0.787. The summed E-state index contributed by atoms with van der Waals surface area (Å²) in [6.07, 6.45) is 0.673. The minimum absolute atomic E-state index is 0.0572. The lowest BCUT2D eigenvalue weighted by Gasteiger charge is -2.37. The maximum atomic E-state index is 12.2. The van der Waals surface area contributed by atoms with Crippen molar-refractivity contribution in [3.8, 4) is 5.75 Å². The van der Waals surface area contributed by atoms with Crippen LogP contribution in [0, 0.1) is 0 Å². The summed E-state index contributed by atoms with van der Waals surface area (Å²) in [5.41, 5.74) is 0.806. The topological polar surface area (TPSA) is 44.8 Å². The van der Waals surface area contributed by atoms with E-state index in [9.17, 15) is 4.79 Å². The summed E-state index contributed by atoms with van der Waals surface area (Å²) in [7, 11) is 1.64. The smallest absolute Gasteiger partial charge is 0.342 e. The number of carbonyl (C=O) groups is 1. The SMILES string of the molecule is CCOC(=O)C1(C)O[C@H](C)Cc2c(OC)cccc21. The zero-order valence-corrected chi connectivity index (χ0v) is 11.9. The molecule has 0 radical (unpaired) electrons. The van der Waals surface area contributed by atoms with E-state index >= 15 is 0 Å². The minimum atomic E-state index is -1.06. The average Bonchev–Trinajstić information content (AvgIpc) is 2.38. The first-order chi connectivity index (χ1) is 9.02. The van der Waals surface area contributed by atoms with E-state index in [0.29, 0.717) is 6.61 Å². The van der Waals surface area contributed by atoms with Crippen LogP contribution >= 0.6 is 0 Å². The van der Waals surface area contributed by atoms with Crippen molar-refractivity contribution < 1.29 is 19.0 Å². The van der Waals surface area contributed by atoms with Crippen LogP contribution in [0.25, 0.3) is 0 Å². The van der Waals surface area contributed by atoms with Crippen molar-refractivity contribution in [1.82, 2.24) is 0 Å². The first-order valence-electron chi connectivity index (χ1n) is 6.54. The predicted octanol–water partition coefficient (Wildman–Crippen LogP) is 2.43. The van der Waals surface area contributed by atoms with Crippen LogP contribution in [0.2, 0.25) is 0 Å². The first kappa shape index (κ1) is 13.9. The third-order valence-corrected chi connectivity index (χ3v) is 3.46. The number of hydrogen-bond acceptors (Lipinski definition) is 4. The highest BCUT2D eigenvalue weighted by molar-refractivity contribution is 5.82. The fourth-order valence-corrected chi connectivity index (χ4v) is 2.64. The normalized spacial score (nSPS) is 25.6. The van der Waals surface area contributed by atoms with Crippen LogP contribution in [-0.4, -0.2) is 25.8 Å². The summed E-state index contributed by atoms with van der Waals surface area (Å²) < 4.78 is 16.4. The second kappa shape index (κ2) is 5.21. The molecule has 0 N–H and O–H groups in total. The molecule has 0 amide bonds. The molecule has 2 rings (SSSR count). The lowest BCUT2D eigenvalue weighted by Crippen LogP contribution is -2.44. The molecule has 2 atom stereocenters. The van der Waals surface area contributed by atoms with Crippen molar-refractivity contribution in [3.63, 3.8) is 0 Å². The van der Waals surface area contributed by atoms with Crippen LogP contribution in [0.3, 0.4) is 0 Å². The number of fused-ring (bicyclic) bond motifs is 1. The Morgan fingerprint density at radius 2 is 2.26 bits per heavy atom. The standard InChI is InChI=1S/C15H20O4/c1-5-18-14(16)15(3)12-7-6-8-13(17-4)11(12)9-10(2)19-15/h6-8,10H,5,9H2,1-4H3/t10-,15?/m1/s1. The zero-order chi connectivity index (χ0) is 14.0. The third-order valence-electron chi connectivity index (χ3n) is 3.46. The molecule has 4 heteroatoms. The summed E-state index contributed by atoms with van der Waals surface area (Å²) >= 11 is 0. The maximum Gasteiger partial charge on any atom is 0.342 e. The van der Waals surface area contributed by atoms with E-state index < -0.39 is 5.60 Å². The second-order valence-corrected chi connectivity index (χ2v) is 4.87. The molecule has 0 spiro atoms. The van der Waals surface area contributed by atoms with Crippen LogP contribution in [0.15, 0.2) is 18.2 Å². The zero-order valence-electron chi connectivity index (χ0n) is 11.9. The Morgan fingerprint density at radius 3 is 2.89 bits per heavy atom. The van der Waals surface area contributed by atoms with Crippen molar-refractivity contribution in [2.45, 2.75) is 38.9 Å². The molecule has 0 fully saturated rings. The van der Waals surface area contributed by atoms with Crippen LogP contribution in [0.4, 0.5) is 0 Å². The average molecular weight is 264 g/mol. The second-order valence-electron chi connectivity index (χ2n) is 4.87. The molecular weight excluding hydrogens is 244 g/mol. The van der Waals surface area contributed by atoms with Crippen molar-refractivity contribution in [2.75, 3.05) is 13.7 Å². The Labute approximate surface area is 113 Å². The van der Waals surface area contributed by atoms with E-state index in [2.05, 4.69) is 0 Å². The van der Waals surface area contributed by atoms with E-state index in [-0.39, 0.29) is 12.1 Å². The highest BCUT2D eigenvalue weighted by Gasteiger charge is 2.44. The molecule has 0 saturated carbocycles. The number of esters is 1. The van der Waals surface area contributed by atoms with Gasteiger partial charge in [-0.3, -0.25) is 0 Å². The van der Waals surface area contributed by atoms with Gasteiger partial charge in [-0.25, -0.2) is 4.79 Å². The number of methoxy groups -OCH3 is 1. The van der Waals surface area contributed by atoms with Gasteiger partial charge in [0.15, 0.2) is 5.60 Å². The van der Waals surface area contributed by atoms with Crippen LogP contribution in [-0.2, 0) is 26.3 Å². The summed E-state index contributed by atoms with van der Waals surface area (Å²) in [5.74, 6) is 0.444. The van der Waals surface area contributed by atoms with Crippen LogP contribution in [0.5, 0.6) is 5.75 Å². The Hall–Kier alpha value is -1.55. The molecule has 1 aliphatic rings.